The van der Waals surface area contributed by atoms with Crippen LogP contribution < -0.4 is 5.73 Å². The van der Waals surface area contributed by atoms with E-state index < -0.39 is 30.3 Å². The van der Waals surface area contributed by atoms with Gasteiger partial charge in [-0.3, -0.25) is 0 Å². The van der Waals surface area contributed by atoms with Crippen LogP contribution in [0.3, 0.4) is 0 Å². The molecular weight excluding hydrogens is 254 g/mol. The molecule has 0 amide bonds. The number of nitrogens with two attached hydrogens (primary N) is 1. The molecule has 0 fully saturated rings. The van der Waals surface area contributed by atoms with E-state index >= 15 is 0 Å². The van der Waals surface area contributed by atoms with Gasteiger partial charge in [0, 0.05) is 12.5 Å². The Bertz CT molecular complexity index is 631. The van der Waals surface area contributed by atoms with E-state index in [1.807, 2.05) is 0 Å². The van der Waals surface area contributed by atoms with E-state index in [0.717, 1.165) is 24.6 Å². The smallest absolute Gasteiger partial charge is 0.179 e. The van der Waals surface area contributed by atoms with Crippen LogP contribution in [-0.4, -0.2) is 34.5 Å². The summed E-state index contributed by atoms with van der Waals surface area (Å²) in [4.78, 5) is -0.740. The number of anilines is 1. The summed E-state index contributed by atoms with van der Waals surface area (Å²) in [5, 5.41) is 9.42. The Balaban J connectivity index is 3.72. The Morgan fingerprint density at radius 2 is 1.56 bits per heavy atom. The van der Waals surface area contributed by atoms with Gasteiger partial charge in [-0.25, -0.2) is 16.8 Å². The number of hydrogen-bond acceptors (Lipinski definition) is 6. The first-order valence-corrected chi connectivity index (χ1v) is 7.84. The number of hydrogen-bond donors (Lipinski definition) is 2. The van der Waals surface area contributed by atoms with E-state index in [-0.39, 0.29) is 10.6 Å². The van der Waals surface area contributed by atoms with Crippen molar-refractivity contribution < 1.29 is 21.9 Å². The van der Waals surface area contributed by atoms with Crippen LogP contribution in [0.4, 0.5) is 5.69 Å². The number of phenols is 1. The molecule has 0 saturated heterocycles. The van der Waals surface area contributed by atoms with Crippen molar-refractivity contribution in [3.63, 3.8) is 0 Å². The van der Waals surface area contributed by atoms with Crippen molar-refractivity contribution >= 4 is 25.4 Å². The van der Waals surface area contributed by atoms with Crippen molar-refractivity contribution in [2.75, 3.05) is 18.2 Å². The molecule has 0 unspecified atom stereocenters. The van der Waals surface area contributed by atoms with Gasteiger partial charge in [0.05, 0.1) is 10.6 Å². The van der Waals surface area contributed by atoms with Gasteiger partial charge in [0.15, 0.2) is 25.4 Å². The lowest BCUT2D eigenvalue weighted by molar-refractivity contribution is 0.461. The zero-order valence-electron chi connectivity index (χ0n) is 8.63. The van der Waals surface area contributed by atoms with Gasteiger partial charge in [-0.05, 0) is 12.1 Å². The first kappa shape index (κ1) is 12.8. The topological polar surface area (TPSA) is 115 Å². The fraction of sp³-hybridized carbons (Fsp3) is 0.250. The molecule has 1 aromatic carbocycles. The average molecular weight is 265 g/mol. The minimum Gasteiger partial charge on any atom is -0.504 e. The Morgan fingerprint density at radius 1 is 1.06 bits per heavy atom. The first-order valence-electron chi connectivity index (χ1n) is 4.06. The molecule has 0 aliphatic carbocycles. The van der Waals surface area contributed by atoms with E-state index in [0.29, 0.717) is 0 Å². The molecule has 0 spiro atoms. The van der Waals surface area contributed by atoms with E-state index in [4.69, 9.17) is 5.73 Å². The number of nitrogen functional groups attached to an aromatic ring is 1. The summed E-state index contributed by atoms with van der Waals surface area (Å²) in [7, 11) is -7.31. The van der Waals surface area contributed by atoms with Gasteiger partial charge in [-0.2, -0.15) is 0 Å². The monoisotopic (exact) mass is 265 g/mol. The molecule has 6 nitrogen and oxygen atoms in total. The van der Waals surface area contributed by atoms with Crippen LogP contribution in [0.1, 0.15) is 0 Å². The summed E-state index contributed by atoms with van der Waals surface area (Å²) in [6.45, 7) is 0. The molecule has 0 aromatic heterocycles. The van der Waals surface area contributed by atoms with Crippen molar-refractivity contribution in [1.29, 1.82) is 0 Å². The third-order valence-corrected chi connectivity index (χ3v) is 4.11. The van der Waals surface area contributed by atoms with Crippen molar-refractivity contribution in [2.24, 2.45) is 0 Å². The molecule has 0 heterocycles. The molecule has 3 N–H and O–H groups in total. The molecule has 0 aliphatic heterocycles. The van der Waals surface area contributed by atoms with Crippen molar-refractivity contribution in [1.82, 2.24) is 0 Å². The van der Waals surface area contributed by atoms with Gasteiger partial charge in [0.1, 0.15) is 4.90 Å². The van der Waals surface area contributed by atoms with Gasteiger partial charge in [0.25, 0.3) is 0 Å². The number of rotatable bonds is 2. The third-order valence-electron chi connectivity index (χ3n) is 1.91. The minimum absolute atomic E-state index is 0.247. The number of benzene rings is 1. The number of sulfone groups is 2. The minimum atomic E-state index is -3.73. The molecule has 0 atom stereocenters. The fourth-order valence-electron chi connectivity index (χ4n) is 1.10. The normalized spacial score (nSPS) is 12.6. The van der Waals surface area contributed by atoms with Crippen molar-refractivity contribution in [3.8, 4) is 5.75 Å². The molecule has 16 heavy (non-hydrogen) atoms. The largest absolute Gasteiger partial charge is 0.504 e. The number of aromatic hydroxyl groups is 1. The average Bonchev–Trinajstić information content (AvgIpc) is 2.05. The highest BCUT2D eigenvalue weighted by Gasteiger charge is 2.20. The molecule has 0 bridgehead atoms. The Hall–Kier alpha value is -1.28. The highest BCUT2D eigenvalue weighted by atomic mass is 32.2. The van der Waals surface area contributed by atoms with Crippen molar-refractivity contribution in [2.45, 2.75) is 9.79 Å². The fourth-order valence-corrected chi connectivity index (χ4v) is 2.66. The molecule has 90 valence electrons. The molecule has 1 aromatic rings. The van der Waals surface area contributed by atoms with Gasteiger partial charge >= 0.3 is 0 Å². The van der Waals surface area contributed by atoms with E-state index in [1.165, 1.54) is 0 Å². The summed E-state index contributed by atoms with van der Waals surface area (Å²) < 4.78 is 45.0. The predicted octanol–water partition coefficient (Wildman–Crippen LogP) is -0.219. The first-order chi connectivity index (χ1) is 7.03. The van der Waals surface area contributed by atoms with Gasteiger partial charge in [0.2, 0.25) is 0 Å². The maximum atomic E-state index is 11.3. The second-order valence-corrected chi connectivity index (χ2v) is 7.40. The number of phenolic OH excluding ortho intramolecular Hbond substituents is 1. The molecule has 0 aliphatic rings. The van der Waals surface area contributed by atoms with Crippen LogP contribution in [-0.2, 0) is 19.7 Å². The molecule has 0 saturated carbocycles. The lowest BCUT2D eigenvalue weighted by Crippen LogP contribution is -2.04. The summed E-state index contributed by atoms with van der Waals surface area (Å²) in [5.41, 5.74) is 5.05. The maximum Gasteiger partial charge on any atom is 0.179 e. The van der Waals surface area contributed by atoms with Crippen LogP contribution >= 0.6 is 0 Å². The molecule has 1 rings (SSSR count). The second kappa shape index (κ2) is 3.63. The second-order valence-electron chi connectivity index (χ2n) is 3.40. The molecule has 0 radical (unpaired) electrons. The summed E-state index contributed by atoms with van der Waals surface area (Å²) in [5.74, 6) is -0.630. The molecular formula is C8H11NO5S2. The van der Waals surface area contributed by atoms with Gasteiger partial charge in [-0.15, -0.1) is 0 Å². The van der Waals surface area contributed by atoms with Crippen LogP contribution in [0.25, 0.3) is 0 Å². The highest BCUT2D eigenvalue weighted by molar-refractivity contribution is 7.91. The van der Waals surface area contributed by atoms with Gasteiger partial charge < -0.3 is 10.8 Å². The van der Waals surface area contributed by atoms with Crippen LogP contribution in [0.5, 0.6) is 5.75 Å². The van der Waals surface area contributed by atoms with Crippen LogP contribution in [0.15, 0.2) is 21.9 Å². The Kier molecular flexibility index (Phi) is 2.90. The third kappa shape index (κ3) is 2.45. The van der Waals surface area contributed by atoms with Crippen LogP contribution in [0.2, 0.25) is 0 Å². The maximum absolute atomic E-state index is 11.3. The quantitative estimate of drug-likeness (QED) is 0.564. The summed E-state index contributed by atoms with van der Waals surface area (Å²) in [6, 6.07) is 1.90. The van der Waals surface area contributed by atoms with Crippen molar-refractivity contribution in [3.05, 3.63) is 12.1 Å². The lowest BCUT2D eigenvalue weighted by Gasteiger charge is -2.07. The summed E-state index contributed by atoms with van der Waals surface area (Å²) >= 11 is 0. The SMILES string of the molecule is CS(=O)(=O)c1cc(N)c(O)c(S(C)(=O)=O)c1. The lowest BCUT2D eigenvalue weighted by atomic mass is 10.3. The van der Waals surface area contributed by atoms with E-state index in [1.54, 1.807) is 0 Å². The zero-order chi connectivity index (χ0) is 12.7. The Labute approximate surface area is 93.5 Å². The van der Waals surface area contributed by atoms with E-state index in [2.05, 4.69) is 0 Å². The van der Waals surface area contributed by atoms with Crippen LogP contribution in [0, 0.1) is 0 Å². The zero-order valence-corrected chi connectivity index (χ0v) is 10.3. The highest BCUT2D eigenvalue weighted by Crippen LogP contribution is 2.32. The Morgan fingerprint density at radius 3 is 1.94 bits per heavy atom. The predicted molar refractivity (Wildman–Crippen MR) is 58.7 cm³/mol. The van der Waals surface area contributed by atoms with Gasteiger partial charge in [-0.1, -0.05) is 0 Å². The van der Waals surface area contributed by atoms with E-state index in [9.17, 15) is 21.9 Å². The summed E-state index contributed by atoms with van der Waals surface area (Å²) in [6.07, 6.45) is 1.78. The molecule has 8 heteroatoms. The standard InChI is InChI=1S/C8H11NO5S2/c1-15(11,12)5-3-6(9)8(10)7(4-5)16(2,13)14/h3-4,10H,9H2,1-2H3.